The smallest absolute Gasteiger partial charge is 0.245 e. The van der Waals surface area contributed by atoms with Gasteiger partial charge >= 0.3 is 0 Å². The zero-order valence-corrected chi connectivity index (χ0v) is 22.4. The van der Waals surface area contributed by atoms with Crippen LogP contribution in [0.3, 0.4) is 0 Å². The number of rotatable bonds is 13. The van der Waals surface area contributed by atoms with Crippen molar-refractivity contribution in [3.05, 3.63) is 59.9 Å². The van der Waals surface area contributed by atoms with E-state index in [0.29, 0.717) is 30.5 Å². The molecule has 1 N–H and O–H groups in total. The maximum atomic E-state index is 13.6. The molecular formula is C28H42N5O2+. The highest BCUT2D eigenvalue weighted by Gasteiger charge is 2.27. The molecule has 0 fully saturated rings. The lowest BCUT2D eigenvalue weighted by atomic mass is 10.00. The van der Waals surface area contributed by atoms with Gasteiger partial charge in [-0.15, -0.1) is 0 Å². The second-order valence-electron chi connectivity index (χ2n) is 10.2. The average molecular weight is 481 g/mol. The molecule has 0 saturated heterocycles. The molecule has 2 amide bonds. The highest BCUT2D eigenvalue weighted by atomic mass is 16.2. The largest absolute Gasteiger partial charge is 0.325 e. The first kappa shape index (κ1) is 28.2. The number of aromatic nitrogens is 1. The van der Waals surface area contributed by atoms with E-state index < -0.39 is 5.92 Å². The second-order valence-corrected chi connectivity index (χ2v) is 10.2. The number of hydrogen-bond acceptors (Lipinski definition) is 4. The molecule has 0 saturated carbocycles. The monoisotopic (exact) mass is 480 g/mol. The number of carbonyl (C=O) groups excluding carboxylic acids is 2. The van der Waals surface area contributed by atoms with Gasteiger partial charge in [0.25, 0.3) is 0 Å². The van der Waals surface area contributed by atoms with Gasteiger partial charge in [0.05, 0.1) is 5.92 Å². The molecule has 2 rings (SSSR count). The Balaban J connectivity index is 2.34. The third kappa shape index (κ3) is 9.61. The molecule has 0 aliphatic heterocycles. The molecule has 0 aliphatic rings. The molecule has 1 atom stereocenters. The van der Waals surface area contributed by atoms with Gasteiger partial charge in [-0.25, -0.2) is 0 Å². The van der Waals surface area contributed by atoms with Crippen molar-refractivity contribution in [2.24, 2.45) is 22.9 Å². The van der Waals surface area contributed by atoms with Crippen LogP contribution >= 0.6 is 0 Å². The van der Waals surface area contributed by atoms with Crippen LogP contribution in [0.5, 0.6) is 0 Å². The number of nitrogens with zero attached hydrogens (tertiary/aromatic N) is 4. The minimum Gasteiger partial charge on any atom is -0.325 e. The van der Waals surface area contributed by atoms with Gasteiger partial charge in [-0.1, -0.05) is 51.5 Å². The van der Waals surface area contributed by atoms with E-state index in [0.717, 1.165) is 29.9 Å². The lowest BCUT2D eigenvalue weighted by Crippen LogP contribution is -2.44. The van der Waals surface area contributed by atoms with Crippen molar-refractivity contribution in [1.29, 1.82) is 0 Å². The Morgan fingerprint density at radius 2 is 1.66 bits per heavy atom. The van der Waals surface area contributed by atoms with Gasteiger partial charge in [-0.2, -0.15) is 14.7 Å². The summed E-state index contributed by atoms with van der Waals surface area (Å²) in [5, 5.41) is 9.02. The standard InChI is InChI=1S/C28H41N5O2/c1-21(2)16-32(17-22(3)4)18-26(28(35)29-27-12-11-23(5)15-24(27)6)25(7)30-33(20-34)19-31-13-9-8-10-14-31/h8-15,20-22,26H,16-19H2,1-7H3/p+1/b30-25-/t26-/m0/s1. The molecule has 0 spiro atoms. The molecule has 0 bridgehead atoms. The van der Waals surface area contributed by atoms with Crippen LogP contribution < -0.4 is 9.88 Å². The Bertz CT molecular complexity index is 978. The highest BCUT2D eigenvalue weighted by Crippen LogP contribution is 2.19. The fraction of sp³-hybridized carbons (Fsp3) is 0.500. The van der Waals surface area contributed by atoms with Crippen LogP contribution in [0.1, 0.15) is 45.7 Å². The van der Waals surface area contributed by atoms with Crippen molar-refractivity contribution in [2.75, 3.05) is 25.0 Å². The Kier molecular flexibility index (Phi) is 11.1. The third-order valence-electron chi connectivity index (χ3n) is 5.64. The molecule has 0 radical (unpaired) electrons. The SMILES string of the molecule is C/C(=N/N(C=O)C[n+]1ccccc1)[C@H](CN(CC(C)C)CC(C)C)C(=O)Nc1ccc(C)cc1C. The normalized spacial score (nSPS) is 12.8. The Labute approximate surface area is 210 Å². The van der Waals surface area contributed by atoms with E-state index in [-0.39, 0.29) is 12.6 Å². The van der Waals surface area contributed by atoms with E-state index in [1.54, 1.807) is 0 Å². The molecule has 0 aliphatic carbocycles. The van der Waals surface area contributed by atoms with E-state index in [1.807, 2.05) is 68.1 Å². The van der Waals surface area contributed by atoms with E-state index in [4.69, 9.17) is 0 Å². The van der Waals surface area contributed by atoms with Crippen LogP contribution in [-0.2, 0) is 16.3 Å². The summed E-state index contributed by atoms with van der Waals surface area (Å²) >= 11 is 0. The van der Waals surface area contributed by atoms with Crippen LogP contribution in [0.15, 0.2) is 53.9 Å². The Morgan fingerprint density at radius 1 is 1.03 bits per heavy atom. The quantitative estimate of drug-likeness (QED) is 0.202. The van der Waals surface area contributed by atoms with E-state index >= 15 is 0 Å². The fourth-order valence-electron chi connectivity index (χ4n) is 4.15. The fourth-order valence-corrected chi connectivity index (χ4v) is 4.15. The topological polar surface area (TPSA) is 68.9 Å². The number of hydrazone groups is 1. The van der Waals surface area contributed by atoms with Crippen LogP contribution in [0.2, 0.25) is 0 Å². The number of carbonyl (C=O) groups is 2. The number of amides is 2. The first-order valence-electron chi connectivity index (χ1n) is 12.4. The van der Waals surface area contributed by atoms with Crippen LogP contribution in [0.25, 0.3) is 0 Å². The van der Waals surface area contributed by atoms with Crippen LogP contribution in [0, 0.1) is 31.6 Å². The van der Waals surface area contributed by atoms with Gasteiger partial charge in [0.1, 0.15) is 0 Å². The van der Waals surface area contributed by atoms with Crippen molar-refractivity contribution in [2.45, 2.75) is 55.1 Å². The number of benzene rings is 1. The van der Waals surface area contributed by atoms with Gasteiger partial charge in [0.15, 0.2) is 12.4 Å². The molecular weight excluding hydrogens is 438 g/mol. The van der Waals surface area contributed by atoms with Crippen molar-refractivity contribution in [3.63, 3.8) is 0 Å². The lowest BCUT2D eigenvalue weighted by molar-refractivity contribution is -0.712. The summed E-state index contributed by atoms with van der Waals surface area (Å²) in [6.45, 7) is 17.2. The molecule has 2 aromatic rings. The van der Waals surface area contributed by atoms with Crippen LogP contribution in [0.4, 0.5) is 5.69 Å². The summed E-state index contributed by atoms with van der Waals surface area (Å²) in [7, 11) is 0. The highest BCUT2D eigenvalue weighted by molar-refractivity contribution is 6.09. The maximum Gasteiger partial charge on any atom is 0.245 e. The maximum absolute atomic E-state index is 13.6. The zero-order valence-electron chi connectivity index (χ0n) is 22.4. The van der Waals surface area contributed by atoms with Crippen molar-refractivity contribution in [3.8, 4) is 0 Å². The first-order valence-corrected chi connectivity index (χ1v) is 12.4. The van der Waals surface area contributed by atoms with E-state index in [1.165, 1.54) is 5.01 Å². The summed E-state index contributed by atoms with van der Waals surface area (Å²) in [4.78, 5) is 27.7. The average Bonchev–Trinajstić information content (AvgIpc) is 2.78. The summed E-state index contributed by atoms with van der Waals surface area (Å²) in [6, 6.07) is 11.7. The number of aryl methyl sites for hydroxylation is 2. The van der Waals surface area contributed by atoms with Gasteiger partial charge in [-0.3, -0.25) is 9.59 Å². The van der Waals surface area contributed by atoms with Gasteiger partial charge in [0, 0.05) is 43.2 Å². The second kappa shape index (κ2) is 13.7. The predicted molar refractivity (Wildman–Crippen MR) is 142 cm³/mol. The molecule has 0 unspecified atom stereocenters. The number of anilines is 1. The van der Waals surface area contributed by atoms with Crippen LogP contribution in [-0.4, -0.2) is 47.6 Å². The molecule has 7 heteroatoms. The molecule has 1 aromatic carbocycles. The number of hydrogen-bond donors (Lipinski definition) is 1. The van der Waals surface area contributed by atoms with Crippen molar-refractivity contribution >= 4 is 23.7 Å². The Hall–Kier alpha value is -3.06. The Morgan fingerprint density at radius 3 is 2.20 bits per heavy atom. The zero-order chi connectivity index (χ0) is 26.0. The van der Waals surface area contributed by atoms with E-state index in [2.05, 4.69) is 49.1 Å². The summed E-state index contributed by atoms with van der Waals surface area (Å²) in [5.41, 5.74) is 3.57. The first-order chi connectivity index (χ1) is 16.6. The predicted octanol–water partition coefficient (Wildman–Crippen LogP) is 4.25. The summed E-state index contributed by atoms with van der Waals surface area (Å²) < 4.78 is 1.86. The number of pyridine rings is 1. The number of nitrogens with one attached hydrogen (secondary N) is 1. The van der Waals surface area contributed by atoms with Crippen molar-refractivity contribution < 1.29 is 14.2 Å². The molecule has 1 heterocycles. The van der Waals surface area contributed by atoms with Gasteiger partial charge < -0.3 is 10.2 Å². The summed E-state index contributed by atoms with van der Waals surface area (Å²) in [6.07, 6.45) is 4.44. The molecule has 7 nitrogen and oxygen atoms in total. The minimum absolute atomic E-state index is 0.117. The van der Waals surface area contributed by atoms with Gasteiger partial charge in [-0.05, 0) is 44.2 Å². The van der Waals surface area contributed by atoms with Crippen molar-refractivity contribution in [1.82, 2.24) is 9.91 Å². The van der Waals surface area contributed by atoms with Gasteiger partial charge in [0.2, 0.25) is 19.0 Å². The third-order valence-corrected chi connectivity index (χ3v) is 5.64. The molecule has 35 heavy (non-hydrogen) atoms. The lowest BCUT2D eigenvalue weighted by Gasteiger charge is -2.30. The minimum atomic E-state index is -0.503. The summed E-state index contributed by atoms with van der Waals surface area (Å²) in [5.74, 6) is 0.315. The molecule has 1 aromatic heterocycles. The molecule has 190 valence electrons. The van der Waals surface area contributed by atoms with E-state index in [9.17, 15) is 9.59 Å².